The van der Waals surface area contributed by atoms with Crippen LogP contribution in [-0.2, 0) is 4.74 Å². The summed E-state index contributed by atoms with van der Waals surface area (Å²) in [5.41, 5.74) is 3.44. The summed E-state index contributed by atoms with van der Waals surface area (Å²) in [4.78, 5) is 0. The Morgan fingerprint density at radius 1 is 1.37 bits per heavy atom. The van der Waals surface area contributed by atoms with Gasteiger partial charge in [0.25, 0.3) is 0 Å². The van der Waals surface area contributed by atoms with Crippen LogP contribution in [-0.4, -0.2) is 41.7 Å². The van der Waals surface area contributed by atoms with Gasteiger partial charge in [-0.15, -0.1) is 0 Å². The summed E-state index contributed by atoms with van der Waals surface area (Å²) >= 11 is 0.0360. The molecule has 1 aliphatic heterocycles. The molecule has 1 saturated heterocycles. The van der Waals surface area contributed by atoms with Gasteiger partial charge >= 0.3 is 118 Å². The van der Waals surface area contributed by atoms with Gasteiger partial charge in [0, 0.05) is 0 Å². The second-order valence-electron chi connectivity index (χ2n) is 6.12. The van der Waals surface area contributed by atoms with Crippen molar-refractivity contribution in [3.63, 3.8) is 0 Å². The number of anilines is 1. The summed E-state index contributed by atoms with van der Waals surface area (Å²) < 4.78 is 14.8. The molecule has 2 aromatic rings. The van der Waals surface area contributed by atoms with Gasteiger partial charge < -0.3 is 0 Å². The van der Waals surface area contributed by atoms with Crippen LogP contribution in [0.3, 0.4) is 0 Å². The molecular weight excluding hydrogens is 305 g/mol. The normalized spacial score (nSPS) is 32.0. The Morgan fingerprint density at radius 3 is 3.16 bits per heavy atom. The van der Waals surface area contributed by atoms with E-state index in [1.54, 1.807) is 0 Å². The number of ether oxygens (including phenoxy) is 1. The molecule has 2 heterocycles. The van der Waals surface area contributed by atoms with Crippen LogP contribution >= 0.6 is 0 Å². The van der Waals surface area contributed by atoms with Gasteiger partial charge in [0.1, 0.15) is 0 Å². The Bertz CT molecular complexity index is 624. The van der Waals surface area contributed by atoms with Gasteiger partial charge in [-0.05, 0) is 0 Å². The van der Waals surface area contributed by atoms with E-state index in [1.807, 2.05) is 6.07 Å². The zero-order chi connectivity index (χ0) is 13.0. The predicted octanol–water partition coefficient (Wildman–Crippen LogP) is 1.91. The average molecular weight is 322 g/mol. The molecule has 19 heavy (non-hydrogen) atoms. The average Bonchev–Trinajstić information content (AvgIpc) is 3.03. The van der Waals surface area contributed by atoms with Crippen LogP contribution in [0, 0.1) is 11.3 Å². The Labute approximate surface area is 118 Å². The molecule has 3 unspecified atom stereocenters. The van der Waals surface area contributed by atoms with Crippen LogP contribution in [0.15, 0.2) is 18.2 Å². The van der Waals surface area contributed by atoms with Crippen LogP contribution in [0.4, 0.5) is 5.69 Å². The summed E-state index contributed by atoms with van der Waals surface area (Å²) in [6, 6.07) is 6.72. The van der Waals surface area contributed by atoms with E-state index in [4.69, 9.17) is 4.74 Å². The zero-order valence-electron chi connectivity index (χ0n) is 11.1. The number of benzene rings is 1. The van der Waals surface area contributed by atoms with Crippen molar-refractivity contribution in [3.8, 4) is 0 Å². The van der Waals surface area contributed by atoms with Crippen molar-refractivity contribution in [2.45, 2.75) is 32.4 Å². The maximum atomic E-state index is 5.85. The number of hydrogen-bond donors (Lipinski definition) is 1. The molecule has 2 fully saturated rings. The molecule has 0 amide bonds. The van der Waals surface area contributed by atoms with Gasteiger partial charge in [0.15, 0.2) is 0 Å². The van der Waals surface area contributed by atoms with Crippen molar-refractivity contribution in [2.24, 2.45) is 11.3 Å². The van der Waals surface area contributed by atoms with Crippen molar-refractivity contribution < 1.29 is 4.74 Å². The molecule has 1 aromatic carbocycles. The second-order valence-corrected chi connectivity index (χ2v) is 7.23. The van der Waals surface area contributed by atoms with E-state index in [0.717, 1.165) is 23.3 Å². The van der Waals surface area contributed by atoms with E-state index < -0.39 is 0 Å². The van der Waals surface area contributed by atoms with Crippen molar-refractivity contribution in [2.75, 3.05) is 11.9 Å². The van der Waals surface area contributed by atoms with Gasteiger partial charge in [-0.3, -0.25) is 0 Å². The molecule has 1 aromatic heterocycles. The monoisotopic (exact) mass is 323 g/mol. The third-order valence-electron chi connectivity index (χ3n) is 4.70. The van der Waals surface area contributed by atoms with Gasteiger partial charge in [-0.2, -0.15) is 0 Å². The van der Waals surface area contributed by atoms with E-state index in [2.05, 4.69) is 39.3 Å². The summed E-state index contributed by atoms with van der Waals surface area (Å²) in [5, 5.41) is 3.72. The van der Waals surface area contributed by atoms with E-state index in [9.17, 15) is 0 Å². The number of hydrogen-bond acceptors (Lipinski definition) is 4. The first-order valence-electron chi connectivity index (χ1n) is 6.77. The minimum atomic E-state index is 0.0360. The van der Waals surface area contributed by atoms with Gasteiger partial charge in [-0.25, -0.2) is 0 Å². The molecule has 0 bridgehead atoms. The number of nitrogens with one attached hydrogen (secondary N) is 1. The molecular formula is C14H17N3OSe. The molecule has 1 aliphatic carbocycles. The van der Waals surface area contributed by atoms with Gasteiger partial charge in [0.05, 0.1) is 0 Å². The molecule has 100 valence electrons. The maximum absolute atomic E-state index is 5.85. The van der Waals surface area contributed by atoms with Gasteiger partial charge in [-0.1, -0.05) is 0 Å². The Kier molecular flexibility index (Phi) is 2.53. The Morgan fingerprint density at radius 2 is 2.26 bits per heavy atom. The van der Waals surface area contributed by atoms with Crippen LogP contribution in [0.5, 0.6) is 0 Å². The van der Waals surface area contributed by atoms with Crippen LogP contribution < -0.4 is 5.32 Å². The molecule has 1 N–H and O–H groups in total. The molecule has 5 heteroatoms. The molecule has 1 saturated carbocycles. The Balaban J connectivity index is 1.66. The predicted molar refractivity (Wildman–Crippen MR) is 75.5 cm³/mol. The standard InChI is InChI=1S/C14H17N3OSe/c1-14(2)12(8-6-7-18-13(8)14)15-9-4-3-5-10-11(9)17-19-16-10/h3-5,8,12-13,15H,6-7H2,1-2H3. The fraction of sp³-hybridized carbons (Fsp3) is 0.571. The van der Waals surface area contributed by atoms with E-state index in [-0.39, 0.29) is 20.4 Å². The molecule has 0 radical (unpaired) electrons. The molecule has 0 spiro atoms. The van der Waals surface area contributed by atoms with Crippen LogP contribution in [0.1, 0.15) is 20.3 Å². The molecule has 3 atom stereocenters. The summed E-state index contributed by atoms with van der Waals surface area (Å²) in [7, 11) is 0. The number of nitrogens with zero attached hydrogens (tertiary/aromatic N) is 2. The van der Waals surface area contributed by atoms with Crippen molar-refractivity contribution in [3.05, 3.63) is 18.2 Å². The first-order chi connectivity index (χ1) is 9.18. The van der Waals surface area contributed by atoms with Crippen molar-refractivity contribution in [1.29, 1.82) is 0 Å². The number of fused-ring (bicyclic) bond motifs is 2. The third kappa shape index (κ3) is 1.62. The fourth-order valence-corrected chi connectivity index (χ4v) is 4.86. The minimum absolute atomic E-state index is 0.0360. The van der Waals surface area contributed by atoms with Crippen molar-refractivity contribution >= 4 is 31.7 Å². The SMILES string of the molecule is CC1(C)C(Nc2cccc3n[se]nc23)C2CCOC21. The van der Waals surface area contributed by atoms with Crippen molar-refractivity contribution in [1.82, 2.24) is 7.96 Å². The summed E-state index contributed by atoms with van der Waals surface area (Å²) in [6.07, 6.45) is 1.60. The fourth-order valence-electron chi connectivity index (χ4n) is 3.71. The summed E-state index contributed by atoms with van der Waals surface area (Å²) in [5.74, 6) is 0.648. The first-order valence-corrected chi connectivity index (χ1v) is 8.30. The van der Waals surface area contributed by atoms with E-state index in [0.29, 0.717) is 18.1 Å². The quantitative estimate of drug-likeness (QED) is 0.858. The molecule has 4 nitrogen and oxygen atoms in total. The second kappa shape index (κ2) is 4.05. The number of aromatic nitrogens is 2. The summed E-state index contributed by atoms with van der Waals surface area (Å²) in [6.45, 7) is 5.50. The molecule has 2 aliphatic rings. The Hall–Kier alpha value is -0.901. The number of rotatable bonds is 2. The van der Waals surface area contributed by atoms with E-state index >= 15 is 0 Å². The van der Waals surface area contributed by atoms with Crippen LogP contribution in [0.2, 0.25) is 0 Å². The zero-order valence-corrected chi connectivity index (χ0v) is 12.8. The van der Waals surface area contributed by atoms with Crippen LogP contribution in [0.25, 0.3) is 11.0 Å². The van der Waals surface area contributed by atoms with E-state index in [1.165, 1.54) is 6.42 Å². The first kappa shape index (κ1) is 11.9. The molecule has 4 rings (SSSR count). The van der Waals surface area contributed by atoms with Gasteiger partial charge in [0.2, 0.25) is 0 Å². The topological polar surface area (TPSA) is 47.0 Å². The third-order valence-corrected chi connectivity index (χ3v) is 5.84.